The van der Waals surface area contributed by atoms with Gasteiger partial charge in [-0.05, 0) is 61.4 Å². The van der Waals surface area contributed by atoms with E-state index in [1.54, 1.807) is 0 Å². The monoisotopic (exact) mass is 503 g/mol. The Morgan fingerprint density at radius 3 is 2.62 bits per heavy atom. The van der Waals surface area contributed by atoms with E-state index in [1.807, 2.05) is 43.3 Å². The first-order chi connectivity index (χ1) is 18.1. The molecular weight excluding hydrogens is 470 g/mol. The molecule has 3 heterocycles. The standard InChI is InChI=1S/C29H33N3O5/c1-3-33-22-4-6-24-29(14-22)36-17-20(32-24)16-35-21-5-7-27-26(13-21)31-15-23(37-27)11-19-12-28-25(10-18(19)2)30-8-9-34-28/h4-7,10,12-14,20,23,30-32H,3,8-9,11,15-17H2,1-2H3. The molecule has 6 rings (SSSR count). The summed E-state index contributed by atoms with van der Waals surface area (Å²) in [6, 6.07) is 16.1. The first-order valence-electron chi connectivity index (χ1n) is 13.0. The SMILES string of the molecule is CCOc1ccc2c(c1)OCC(COc1ccc3c(c1)NCC(Cc1cc4c(cc1C)NCCO4)O3)N2. The van der Waals surface area contributed by atoms with Gasteiger partial charge in [-0.1, -0.05) is 0 Å². The highest BCUT2D eigenvalue weighted by atomic mass is 16.5. The molecule has 2 unspecified atom stereocenters. The van der Waals surface area contributed by atoms with Gasteiger partial charge in [0.2, 0.25) is 0 Å². The number of anilines is 3. The van der Waals surface area contributed by atoms with E-state index in [0.717, 1.165) is 65.3 Å². The second-order valence-corrected chi connectivity index (χ2v) is 9.59. The normalized spacial score (nSPS) is 19.2. The third-order valence-electron chi connectivity index (χ3n) is 6.84. The van der Waals surface area contributed by atoms with E-state index in [1.165, 1.54) is 11.1 Å². The molecule has 3 aromatic rings. The number of rotatable bonds is 7. The highest BCUT2D eigenvalue weighted by molar-refractivity contribution is 5.63. The van der Waals surface area contributed by atoms with E-state index >= 15 is 0 Å². The number of hydrogen-bond donors (Lipinski definition) is 3. The van der Waals surface area contributed by atoms with Gasteiger partial charge in [-0.2, -0.15) is 0 Å². The lowest BCUT2D eigenvalue weighted by Crippen LogP contribution is -2.36. The van der Waals surface area contributed by atoms with E-state index in [9.17, 15) is 0 Å². The van der Waals surface area contributed by atoms with Crippen LogP contribution in [0.3, 0.4) is 0 Å². The lowest BCUT2D eigenvalue weighted by molar-refractivity contribution is 0.204. The lowest BCUT2D eigenvalue weighted by atomic mass is 10.00. The molecule has 8 nitrogen and oxygen atoms in total. The number of benzene rings is 3. The van der Waals surface area contributed by atoms with Crippen molar-refractivity contribution in [3.8, 4) is 28.7 Å². The van der Waals surface area contributed by atoms with Gasteiger partial charge in [0.25, 0.3) is 0 Å². The summed E-state index contributed by atoms with van der Waals surface area (Å²) >= 11 is 0. The Hall–Kier alpha value is -3.94. The lowest BCUT2D eigenvalue weighted by Gasteiger charge is -2.29. The van der Waals surface area contributed by atoms with Crippen LogP contribution in [0.25, 0.3) is 0 Å². The van der Waals surface area contributed by atoms with Crippen LogP contribution in [0.5, 0.6) is 28.7 Å². The second-order valence-electron chi connectivity index (χ2n) is 9.59. The molecule has 2 atom stereocenters. The molecule has 0 radical (unpaired) electrons. The van der Waals surface area contributed by atoms with Crippen LogP contribution in [0.2, 0.25) is 0 Å². The quantitative estimate of drug-likeness (QED) is 0.422. The maximum absolute atomic E-state index is 6.33. The van der Waals surface area contributed by atoms with Gasteiger partial charge in [-0.15, -0.1) is 0 Å². The minimum Gasteiger partial charge on any atom is -0.494 e. The predicted octanol–water partition coefficient (Wildman–Crippen LogP) is 4.87. The summed E-state index contributed by atoms with van der Waals surface area (Å²) in [4.78, 5) is 0. The van der Waals surface area contributed by atoms with Crippen molar-refractivity contribution in [1.82, 2.24) is 0 Å². The van der Waals surface area contributed by atoms with Crippen molar-refractivity contribution in [1.29, 1.82) is 0 Å². The number of fused-ring (bicyclic) bond motifs is 3. The minimum absolute atomic E-state index is 0.0412. The fraction of sp³-hybridized carbons (Fsp3) is 0.379. The molecule has 0 fully saturated rings. The van der Waals surface area contributed by atoms with Crippen molar-refractivity contribution < 1.29 is 23.7 Å². The van der Waals surface area contributed by atoms with Gasteiger partial charge in [-0.3, -0.25) is 0 Å². The van der Waals surface area contributed by atoms with Crippen LogP contribution in [0, 0.1) is 6.92 Å². The van der Waals surface area contributed by atoms with Crippen molar-refractivity contribution in [3.05, 3.63) is 59.7 Å². The molecule has 194 valence electrons. The Balaban J connectivity index is 1.04. The molecule has 0 aliphatic carbocycles. The largest absolute Gasteiger partial charge is 0.494 e. The number of nitrogens with one attached hydrogen (secondary N) is 3. The van der Waals surface area contributed by atoms with Crippen LogP contribution < -0.4 is 39.6 Å². The molecule has 3 aliphatic rings. The molecule has 37 heavy (non-hydrogen) atoms. The third-order valence-corrected chi connectivity index (χ3v) is 6.84. The van der Waals surface area contributed by atoms with Gasteiger partial charge in [0.05, 0.1) is 36.3 Å². The first kappa shape index (κ1) is 23.5. The molecule has 8 heteroatoms. The van der Waals surface area contributed by atoms with E-state index in [2.05, 4.69) is 35.0 Å². The summed E-state index contributed by atoms with van der Waals surface area (Å²) in [6.45, 7) is 8.03. The number of aryl methyl sites for hydroxylation is 1. The maximum Gasteiger partial charge on any atom is 0.146 e. The summed E-state index contributed by atoms with van der Waals surface area (Å²) < 4.78 is 29.7. The molecular formula is C29H33N3O5. The second kappa shape index (κ2) is 10.2. The summed E-state index contributed by atoms with van der Waals surface area (Å²) in [5, 5.41) is 10.4. The van der Waals surface area contributed by atoms with Crippen molar-refractivity contribution in [3.63, 3.8) is 0 Å². The van der Waals surface area contributed by atoms with Crippen molar-refractivity contribution in [2.75, 3.05) is 55.5 Å². The summed E-state index contributed by atoms with van der Waals surface area (Å²) in [7, 11) is 0. The highest BCUT2D eigenvalue weighted by Crippen LogP contribution is 2.36. The molecule has 0 saturated carbocycles. The van der Waals surface area contributed by atoms with Crippen LogP contribution in [0.15, 0.2) is 48.5 Å². The van der Waals surface area contributed by atoms with E-state index < -0.39 is 0 Å². The number of ether oxygens (including phenoxy) is 5. The smallest absolute Gasteiger partial charge is 0.146 e. The Morgan fingerprint density at radius 2 is 1.70 bits per heavy atom. The number of hydrogen-bond acceptors (Lipinski definition) is 8. The van der Waals surface area contributed by atoms with Crippen LogP contribution >= 0.6 is 0 Å². The van der Waals surface area contributed by atoms with Crippen molar-refractivity contribution in [2.45, 2.75) is 32.4 Å². The topological polar surface area (TPSA) is 82.2 Å². The zero-order valence-electron chi connectivity index (χ0n) is 21.3. The fourth-order valence-corrected chi connectivity index (χ4v) is 4.93. The van der Waals surface area contributed by atoms with Crippen LogP contribution in [-0.2, 0) is 6.42 Å². The zero-order valence-corrected chi connectivity index (χ0v) is 21.3. The highest BCUT2D eigenvalue weighted by Gasteiger charge is 2.24. The van der Waals surface area contributed by atoms with Gasteiger partial charge < -0.3 is 39.6 Å². The molecule has 0 saturated heterocycles. The Kier molecular flexibility index (Phi) is 6.47. The van der Waals surface area contributed by atoms with Gasteiger partial charge in [-0.25, -0.2) is 0 Å². The Labute approximate surface area is 217 Å². The van der Waals surface area contributed by atoms with Gasteiger partial charge in [0, 0.05) is 25.1 Å². The molecule has 0 spiro atoms. The average molecular weight is 504 g/mol. The van der Waals surface area contributed by atoms with Crippen LogP contribution in [0.4, 0.5) is 17.1 Å². The van der Waals surface area contributed by atoms with Crippen LogP contribution in [-0.4, -0.2) is 51.7 Å². The summed E-state index contributed by atoms with van der Waals surface area (Å²) in [5.74, 6) is 4.18. The molecule has 0 aromatic heterocycles. The van der Waals surface area contributed by atoms with E-state index in [4.69, 9.17) is 23.7 Å². The Bertz CT molecular complexity index is 1280. The first-order valence-corrected chi connectivity index (χ1v) is 13.0. The van der Waals surface area contributed by atoms with Crippen molar-refractivity contribution >= 4 is 17.1 Å². The fourth-order valence-electron chi connectivity index (χ4n) is 4.93. The predicted molar refractivity (Wildman–Crippen MR) is 144 cm³/mol. The third kappa shape index (κ3) is 5.14. The average Bonchev–Trinajstić information content (AvgIpc) is 2.92. The van der Waals surface area contributed by atoms with E-state index in [-0.39, 0.29) is 12.1 Å². The van der Waals surface area contributed by atoms with E-state index in [0.29, 0.717) is 26.4 Å². The Morgan fingerprint density at radius 1 is 0.865 bits per heavy atom. The molecule has 3 aromatic carbocycles. The minimum atomic E-state index is 0.0412. The maximum atomic E-state index is 6.33. The van der Waals surface area contributed by atoms with Crippen LogP contribution in [0.1, 0.15) is 18.1 Å². The molecule has 3 aliphatic heterocycles. The summed E-state index contributed by atoms with van der Waals surface area (Å²) in [6.07, 6.45) is 0.855. The summed E-state index contributed by atoms with van der Waals surface area (Å²) in [5.41, 5.74) is 5.46. The van der Waals surface area contributed by atoms with Crippen molar-refractivity contribution in [2.24, 2.45) is 0 Å². The molecule has 0 amide bonds. The van der Waals surface area contributed by atoms with Gasteiger partial charge in [0.15, 0.2) is 0 Å². The molecule has 0 bridgehead atoms. The van der Waals surface area contributed by atoms with Gasteiger partial charge >= 0.3 is 0 Å². The van der Waals surface area contributed by atoms with Gasteiger partial charge in [0.1, 0.15) is 54.7 Å². The molecule has 3 N–H and O–H groups in total. The zero-order chi connectivity index (χ0) is 25.2.